The van der Waals surface area contributed by atoms with E-state index in [1.54, 1.807) is 0 Å². The second kappa shape index (κ2) is 6.08. The first-order valence-electron chi connectivity index (χ1n) is 5.51. The van der Waals surface area contributed by atoms with Crippen molar-refractivity contribution in [2.75, 3.05) is 19.6 Å². The van der Waals surface area contributed by atoms with Crippen molar-refractivity contribution < 1.29 is 18.0 Å². The molecule has 1 atom stereocenters. The predicted molar refractivity (Wildman–Crippen MR) is 53.9 cm³/mol. The molecular weight excluding hydrogens is 221 g/mol. The van der Waals surface area contributed by atoms with Crippen LogP contribution in [-0.2, 0) is 4.79 Å². The highest BCUT2D eigenvalue weighted by atomic mass is 19.4. The second-order valence-corrected chi connectivity index (χ2v) is 4.13. The summed E-state index contributed by atoms with van der Waals surface area (Å²) in [5.41, 5.74) is 0. The molecule has 94 valence electrons. The van der Waals surface area contributed by atoms with Crippen LogP contribution in [0.15, 0.2) is 0 Å². The Balaban J connectivity index is 2.10. The van der Waals surface area contributed by atoms with E-state index in [0.29, 0.717) is 6.42 Å². The average molecular weight is 238 g/mol. The van der Waals surface area contributed by atoms with Crippen LogP contribution < -0.4 is 10.6 Å². The van der Waals surface area contributed by atoms with E-state index in [0.717, 1.165) is 25.9 Å². The topological polar surface area (TPSA) is 41.1 Å². The van der Waals surface area contributed by atoms with E-state index in [9.17, 15) is 18.0 Å². The molecule has 0 saturated carbocycles. The van der Waals surface area contributed by atoms with Crippen molar-refractivity contribution in [3.05, 3.63) is 0 Å². The summed E-state index contributed by atoms with van der Waals surface area (Å²) in [6, 6.07) is 0. The lowest BCUT2D eigenvalue weighted by Gasteiger charge is -2.22. The zero-order valence-electron chi connectivity index (χ0n) is 9.07. The number of hydrogen-bond donors (Lipinski definition) is 2. The first-order valence-corrected chi connectivity index (χ1v) is 5.51. The number of carbonyl (C=O) groups is 1. The molecule has 0 radical (unpaired) electrons. The van der Waals surface area contributed by atoms with Crippen LogP contribution >= 0.6 is 0 Å². The van der Waals surface area contributed by atoms with E-state index in [-0.39, 0.29) is 18.4 Å². The molecule has 1 fully saturated rings. The summed E-state index contributed by atoms with van der Waals surface area (Å²) in [5, 5.41) is 5.46. The number of hydrogen-bond acceptors (Lipinski definition) is 2. The first-order chi connectivity index (χ1) is 7.47. The maximum absolute atomic E-state index is 11.8. The Morgan fingerprint density at radius 3 is 2.75 bits per heavy atom. The van der Waals surface area contributed by atoms with Crippen LogP contribution in [0, 0.1) is 5.92 Å². The van der Waals surface area contributed by atoms with Crippen LogP contribution in [0.5, 0.6) is 0 Å². The van der Waals surface area contributed by atoms with E-state index in [4.69, 9.17) is 0 Å². The molecule has 16 heavy (non-hydrogen) atoms. The molecule has 6 heteroatoms. The molecule has 0 aromatic carbocycles. The number of rotatable bonds is 4. The lowest BCUT2D eigenvalue weighted by molar-refractivity contribution is -0.135. The van der Waals surface area contributed by atoms with Gasteiger partial charge < -0.3 is 10.6 Å². The van der Waals surface area contributed by atoms with E-state index in [1.807, 2.05) is 0 Å². The minimum atomic E-state index is -4.19. The van der Waals surface area contributed by atoms with Crippen molar-refractivity contribution in [3.63, 3.8) is 0 Å². The summed E-state index contributed by atoms with van der Waals surface area (Å²) in [6.45, 7) is 1.43. The molecule has 0 spiro atoms. The van der Waals surface area contributed by atoms with Crippen LogP contribution in [0.25, 0.3) is 0 Å². The quantitative estimate of drug-likeness (QED) is 0.778. The SMILES string of the molecule is O=C(CC1CCCNC1)NCCC(F)(F)F. The smallest absolute Gasteiger partial charge is 0.356 e. The molecular formula is C10H17F3N2O. The largest absolute Gasteiger partial charge is 0.390 e. The lowest BCUT2D eigenvalue weighted by atomic mass is 9.96. The standard InChI is InChI=1S/C10H17F3N2O/c11-10(12,13)3-5-15-9(16)6-8-2-1-4-14-7-8/h8,14H,1-7H2,(H,15,16). The molecule has 1 heterocycles. The molecule has 0 aromatic rings. The lowest BCUT2D eigenvalue weighted by Crippen LogP contribution is -2.35. The molecule has 3 nitrogen and oxygen atoms in total. The third-order valence-electron chi connectivity index (χ3n) is 2.60. The van der Waals surface area contributed by atoms with Gasteiger partial charge in [0.05, 0.1) is 6.42 Å². The molecule has 1 aliphatic rings. The monoisotopic (exact) mass is 238 g/mol. The van der Waals surface area contributed by atoms with Crippen LogP contribution in [0.3, 0.4) is 0 Å². The number of halogens is 3. The van der Waals surface area contributed by atoms with Gasteiger partial charge in [-0.05, 0) is 31.8 Å². The van der Waals surface area contributed by atoms with Gasteiger partial charge in [0.15, 0.2) is 0 Å². The number of nitrogens with one attached hydrogen (secondary N) is 2. The Bertz CT molecular complexity index is 225. The van der Waals surface area contributed by atoms with Gasteiger partial charge in [-0.3, -0.25) is 4.79 Å². The van der Waals surface area contributed by atoms with E-state index in [2.05, 4.69) is 10.6 Å². The average Bonchev–Trinajstić information content (AvgIpc) is 2.17. The number of piperidine rings is 1. The van der Waals surface area contributed by atoms with Gasteiger partial charge in [0, 0.05) is 13.0 Å². The highest BCUT2D eigenvalue weighted by molar-refractivity contribution is 5.76. The fourth-order valence-corrected chi connectivity index (χ4v) is 1.78. The Morgan fingerprint density at radius 2 is 2.19 bits per heavy atom. The second-order valence-electron chi connectivity index (χ2n) is 4.13. The van der Waals surface area contributed by atoms with Gasteiger partial charge in [-0.15, -0.1) is 0 Å². The van der Waals surface area contributed by atoms with Crippen molar-refractivity contribution >= 4 is 5.91 Å². The summed E-state index contributed by atoms with van der Waals surface area (Å²) < 4.78 is 35.4. The predicted octanol–water partition coefficient (Wildman–Crippen LogP) is 1.44. The zero-order valence-corrected chi connectivity index (χ0v) is 9.07. The minimum absolute atomic E-state index is 0.264. The van der Waals surface area contributed by atoms with Crippen molar-refractivity contribution in [1.82, 2.24) is 10.6 Å². The number of carbonyl (C=O) groups excluding carboxylic acids is 1. The molecule has 1 amide bonds. The van der Waals surface area contributed by atoms with Gasteiger partial charge in [-0.2, -0.15) is 13.2 Å². The van der Waals surface area contributed by atoms with Crippen molar-refractivity contribution in [2.24, 2.45) is 5.92 Å². The third kappa shape index (κ3) is 5.95. The number of alkyl halides is 3. The van der Waals surface area contributed by atoms with Crippen molar-refractivity contribution in [1.29, 1.82) is 0 Å². The normalized spacial score (nSPS) is 21.8. The van der Waals surface area contributed by atoms with Crippen LogP contribution in [0.2, 0.25) is 0 Å². The molecule has 1 aliphatic heterocycles. The van der Waals surface area contributed by atoms with Crippen molar-refractivity contribution in [3.8, 4) is 0 Å². The van der Waals surface area contributed by atoms with Crippen molar-refractivity contribution in [2.45, 2.75) is 31.9 Å². The Hall–Kier alpha value is -0.780. The zero-order chi connectivity index (χ0) is 12.0. The fraction of sp³-hybridized carbons (Fsp3) is 0.900. The van der Waals surface area contributed by atoms with Gasteiger partial charge in [0.1, 0.15) is 0 Å². The van der Waals surface area contributed by atoms with E-state index < -0.39 is 12.6 Å². The molecule has 1 saturated heterocycles. The first kappa shape index (κ1) is 13.3. The molecule has 0 bridgehead atoms. The summed E-state index contributed by atoms with van der Waals surface area (Å²) in [4.78, 5) is 11.3. The van der Waals surface area contributed by atoms with Crippen LogP contribution in [0.4, 0.5) is 13.2 Å². The van der Waals surface area contributed by atoms with Gasteiger partial charge in [0.25, 0.3) is 0 Å². The molecule has 1 unspecified atom stereocenters. The van der Waals surface area contributed by atoms with Gasteiger partial charge in [-0.1, -0.05) is 0 Å². The third-order valence-corrected chi connectivity index (χ3v) is 2.60. The molecule has 1 rings (SSSR count). The fourth-order valence-electron chi connectivity index (χ4n) is 1.78. The number of amides is 1. The Kier molecular flexibility index (Phi) is 5.05. The Labute approximate surface area is 92.8 Å². The Morgan fingerprint density at radius 1 is 1.44 bits per heavy atom. The summed E-state index contributed by atoms with van der Waals surface area (Å²) in [7, 11) is 0. The molecule has 2 N–H and O–H groups in total. The van der Waals surface area contributed by atoms with Gasteiger partial charge in [0.2, 0.25) is 5.91 Å². The maximum atomic E-state index is 11.8. The van der Waals surface area contributed by atoms with E-state index in [1.165, 1.54) is 0 Å². The maximum Gasteiger partial charge on any atom is 0.390 e. The molecule has 0 aliphatic carbocycles. The summed E-state index contributed by atoms with van der Waals surface area (Å²) in [5.74, 6) is -0.0161. The molecule has 0 aromatic heterocycles. The van der Waals surface area contributed by atoms with Crippen LogP contribution in [-0.4, -0.2) is 31.7 Å². The van der Waals surface area contributed by atoms with Gasteiger partial charge >= 0.3 is 6.18 Å². The van der Waals surface area contributed by atoms with E-state index >= 15 is 0 Å². The minimum Gasteiger partial charge on any atom is -0.356 e. The summed E-state index contributed by atoms with van der Waals surface area (Å²) in [6.07, 6.45) is -2.83. The van der Waals surface area contributed by atoms with Crippen LogP contribution in [0.1, 0.15) is 25.7 Å². The summed E-state index contributed by atoms with van der Waals surface area (Å²) >= 11 is 0. The van der Waals surface area contributed by atoms with Gasteiger partial charge in [-0.25, -0.2) is 0 Å². The highest BCUT2D eigenvalue weighted by Crippen LogP contribution is 2.18. The highest BCUT2D eigenvalue weighted by Gasteiger charge is 2.26.